The Morgan fingerprint density at radius 1 is 1.33 bits per heavy atom. The van der Waals surface area contributed by atoms with Crippen LogP contribution in [0.4, 0.5) is 11.4 Å². The summed E-state index contributed by atoms with van der Waals surface area (Å²) in [5.74, 6) is -0.0627. The van der Waals surface area contributed by atoms with Crippen LogP contribution in [-0.2, 0) is 0 Å². The number of nitrogens with two attached hydrogens (primary N) is 1. The van der Waals surface area contributed by atoms with Crippen molar-refractivity contribution < 1.29 is 4.79 Å². The molecule has 4 nitrogen and oxygen atoms in total. The smallest absolute Gasteiger partial charge is 0.251 e. The summed E-state index contributed by atoms with van der Waals surface area (Å²) >= 11 is 1.82. The van der Waals surface area contributed by atoms with Gasteiger partial charge in [0.2, 0.25) is 0 Å². The molecule has 0 spiro atoms. The summed E-state index contributed by atoms with van der Waals surface area (Å²) in [5, 5.41) is 3.04. The van der Waals surface area contributed by atoms with Crippen LogP contribution < -0.4 is 16.0 Å². The molecule has 1 aromatic carbocycles. The quantitative estimate of drug-likeness (QED) is 0.760. The lowest BCUT2D eigenvalue weighted by molar-refractivity contribution is 0.0949. The number of carbonyl (C=O) groups excluding carboxylic acids is 1. The van der Waals surface area contributed by atoms with Gasteiger partial charge in [-0.2, -0.15) is 11.8 Å². The highest BCUT2D eigenvalue weighted by Crippen LogP contribution is 2.29. The molecule has 0 aliphatic heterocycles. The van der Waals surface area contributed by atoms with E-state index >= 15 is 0 Å². The van der Waals surface area contributed by atoms with Crippen molar-refractivity contribution in [1.29, 1.82) is 0 Å². The molecule has 0 radical (unpaired) electrons. The highest BCUT2D eigenvalue weighted by atomic mass is 32.2. The van der Waals surface area contributed by atoms with Gasteiger partial charge < -0.3 is 16.0 Å². The van der Waals surface area contributed by atoms with E-state index in [9.17, 15) is 4.79 Å². The number of nitrogen functional groups attached to an aromatic ring is 1. The van der Waals surface area contributed by atoms with Crippen LogP contribution in [-0.4, -0.2) is 37.6 Å². The molecular weight excluding hydrogens is 282 g/mol. The van der Waals surface area contributed by atoms with Crippen molar-refractivity contribution in [3.05, 3.63) is 23.8 Å². The molecule has 0 atom stereocenters. The molecule has 118 valence electrons. The van der Waals surface area contributed by atoms with Crippen LogP contribution >= 0.6 is 11.8 Å². The molecule has 1 amide bonds. The molecule has 0 aliphatic carbocycles. The van der Waals surface area contributed by atoms with Crippen molar-refractivity contribution in [2.45, 2.75) is 31.4 Å². The highest BCUT2D eigenvalue weighted by molar-refractivity contribution is 8.00. The van der Waals surface area contributed by atoms with E-state index in [1.807, 2.05) is 42.9 Å². The summed E-state index contributed by atoms with van der Waals surface area (Å²) in [4.78, 5) is 14.2. The largest absolute Gasteiger partial charge is 0.397 e. The number of thioether (sulfide) groups is 1. The fourth-order valence-corrected chi connectivity index (χ4v) is 3.10. The van der Waals surface area contributed by atoms with E-state index in [0.29, 0.717) is 17.8 Å². The lowest BCUT2D eigenvalue weighted by Gasteiger charge is -2.29. The maximum absolute atomic E-state index is 12.3. The summed E-state index contributed by atoms with van der Waals surface area (Å²) in [6.45, 7) is 5.00. The van der Waals surface area contributed by atoms with E-state index in [2.05, 4.69) is 25.4 Å². The first-order chi connectivity index (χ1) is 9.89. The molecule has 0 unspecified atom stereocenters. The average molecular weight is 309 g/mol. The Bertz CT molecular complexity index is 476. The summed E-state index contributed by atoms with van der Waals surface area (Å²) in [6, 6.07) is 5.44. The number of nitrogens with zero attached hydrogens (tertiary/aromatic N) is 1. The van der Waals surface area contributed by atoms with Crippen LogP contribution in [0.5, 0.6) is 0 Å². The first-order valence-corrected chi connectivity index (χ1v) is 8.51. The SMILES string of the molecule is CCC(CC)(CNC(=O)c1ccc(N(C)C)c(N)c1)SC. The van der Waals surface area contributed by atoms with Gasteiger partial charge in [0.25, 0.3) is 5.91 Å². The van der Waals surface area contributed by atoms with Gasteiger partial charge in [-0.1, -0.05) is 13.8 Å². The Labute approximate surface area is 132 Å². The van der Waals surface area contributed by atoms with Crippen LogP contribution in [0, 0.1) is 0 Å². The van der Waals surface area contributed by atoms with Crippen molar-refractivity contribution in [2.24, 2.45) is 0 Å². The molecule has 0 heterocycles. The lowest BCUT2D eigenvalue weighted by Crippen LogP contribution is -2.39. The van der Waals surface area contributed by atoms with Crippen molar-refractivity contribution in [2.75, 3.05) is 37.5 Å². The van der Waals surface area contributed by atoms with Gasteiger partial charge in [-0.15, -0.1) is 0 Å². The van der Waals surface area contributed by atoms with Gasteiger partial charge in [0, 0.05) is 31.0 Å². The zero-order chi connectivity index (χ0) is 16.0. The number of hydrogen-bond donors (Lipinski definition) is 2. The minimum Gasteiger partial charge on any atom is -0.397 e. The van der Waals surface area contributed by atoms with Gasteiger partial charge in [0.15, 0.2) is 0 Å². The van der Waals surface area contributed by atoms with Gasteiger partial charge in [0.05, 0.1) is 11.4 Å². The zero-order valence-corrected chi connectivity index (χ0v) is 14.5. The third-order valence-corrected chi connectivity index (χ3v) is 5.65. The molecule has 0 aliphatic rings. The second-order valence-corrected chi connectivity index (χ2v) is 6.72. The Hall–Kier alpha value is -1.36. The van der Waals surface area contributed by atoms with Crippen molar-refractivity contribution in [1.82, 2.24) is 5.32 Å². The summed E-state index contributed by atoms with van der Waals surface area (Å²) < 4.78 is 0.116. The number of rotatable bonds is 7. The molecule has 3 N–H and O–H groups in total. The average Bonchev–Trinajstić information content (AvgIpc) is 2.48. The third-order valence-electron chi connectivity index (χ3n) is 4.06. The predicted molar refractivity (Wildman–Crippen MR) is 94.3 cm³/mol. The van der Waals surface area contributed by atoms with Crippen LogP contribution in [0.3, 0.4) is 0 Å². The second kappa shape index (κ2) is 7.59. The van der Waals surface area contributed by atoms with E-state index in [-0.39, 0.29) is 10.7 Å². The Balaban J connectivity index is 2.79. The number of hydrogen-bond acceptors (Lipinski definition) is 4. The second-order valence-electron chi connectivity index (χ2n) is 5.44. The zero-order valence-electron chi connectivity index (χ0n) is 13.7. The summed E-state index contributed by atoms with van der Waals surface area (Å²) in [5.41, 5.74) is 8.15. The maximum Gasteiger partial charge on any atom is 0.251 e. The molecule has 1 rings (SSSR count). The fraction of sp³-hybridized carbons (Fsp3) is 0.562. The molecule has 1 aromatic rings. The molecule has 0 fully saturated rings. The van der Waals surface area contributed by atoms with Crippen LogP contribution in [0.15, 0.2) is 18.2 Å². The molecule has 21 heavy (non-hydrogen) atoms. The third kappa shape index (κ3) is 4.30. The summed E-state index contributed by atoms with van der Waals surface area (Å²) in [7, 11) is 3.86. The van der Waals surface area contributed by atoms with E-state index in [1.165, 1.54) is 0 Å². The number of nitrogens with one attached hydrogen (secondary N) is 1. The maximum atomic E-state index is 12.3. The fourth-order valence-electron chi connectivity index (χ4n) is 2.31. The normalized spacial score (nSPS) is 11.3. The molecule has 0 aromatic heterocycles. The van der Waals surface area contributed by atoms with Crippen LogP contribution in [0.1, 0.15) is 37.0 Å². The minimum atomic E-state index is -0.0627. The van der Waals surface area contributed by atoms with E-state index in [0.717, 1.165) is 18.5 Å². The highest BCUT2D eigenvalue weighted by Gasteiger charge is 2.25. The Morgan fingerprint density at radius 3 is 2.38 bits per heavy atom. The van der Waals surface area contributed by atoms with Gasteiger partial charge in [-0.25, -0.2) is 0 Å². The van der Waals surface area contributed by atoms with Gasteiger partial charge in [-0.3, -0.25) is 4.79 Å². The van der Waals surface area contributed by atoms with E-state index in [1.54, 1.807) is 6.07 Å². The van der Waals surface area contributed by atoms with Crippen molar-refractivity contribution in [3.63, 3.8) is 0 Å². The first kappa shape index (κ1) is 17.7. The molecule has 0 bridgehead atoms. The Morgan fingerprint density at radius 2 is 1.95 bits per heavy atom. The van der Waals surface area contributed by atoms with E-state index in [4.69, 9.17) is 5.73 Å². The first-order valence-electron chi connectivity index (χ1n) is 7.29. The molecule has 5 heteroatoms. The number of carbonyl (C=O) groups is 1. The number of anilines is 2. The van der Waals surface area contributed by atoms with Gasteiger partial charge >= 0.3 is 0 Å². The van der Waals surface area contributed by atoms with Crippen LogP contribution in [0.25, 0.3) is 0 Å². The molecular formula is C16H27N3OS. The molecule has 0 saturated heterocycles. The van der Waals surface area contributed by atoms with Gasteiger partial charge in [0.1, 0.15) is 0 Å². The minimum absolute atomic E-state index is 0.0627. The Kier molecular flexibility index (Phi) is 6.40. The number of amides is 1. The van der Waals surface area contributed by atoms with Crippen molar-refractivity contribution >= 4 is 29.0 Å². The van der Waals surface area contributed by atoms with Crippen LogP contribution in [0.2, 0.25) is 0 Å². The van der Waals surface area contributed by atoms with Gasteiger partial charge in [-0.05, 0) is 37.3 Å². The standard InChI is InChI=1S/C16H27N3OS/c1-6-16(7-2,21-5)11-18-15(20)12-8-9-14(19(3)4)13(17)10-12/h8-10H,6-7,11,17H2,1-5H3,(H,18,20). The monoisotopic (exact) mass is 309 g/mol. The topological polar surface area (TPSA) is 58.4 Å². The van der Waals surface area contributed by atoms with E-state index < -0.39 is 0 Å². The predicted octanol–water partition coefficient (Wildman–Crippen LogP) is 2.99. The van der Waals surface area contributed by atoms with Crippen molar-refractivity contribution in [3.8, 4) is 0 Å². The molecule has 0 saturated carbocycles. The lowest BCUT2D eigenvalue weighted by atomic mass is 10.0. The summed E-state index contributed by atoms with van der Waals surface area (Å²) in [6.07, 6.45) is 4.17. The number of benzene rings is 1.